The fraction of sp³-hybridized carbons (Fsp3) is 0.0417. The van der Waals surface area contributed by atoms with Crippen molar-refractivity contribution in [2.24, 2.45) is 5.10 Å². The highest BCUT2D eigenvalue weighted by atomic mass is 79.9. The maximum atomic E-state index is 13.2. The number of para-hydroxylation sites is 1. The molecule has 0 spiro atoms. The average molecular weight is 537 g/mol. The van der Waals surface area contributed by atoms with Crippen LogP contribution in [0.3, 0.4) is 0 Å². The Morgan fingerprint density at radius 2 is 1.76 bits per heavy atom. The summed E-state index contributed by atoms with van der Waals surface area (Å²) in [5.74, 6) is -1.57. The van der Waals surface area contributed by atoms with Crippen molar-refractivity contribution in [1.82, 2.24) is 15.0 Å². The second kappa shape index (κ2) is 10.4. The van der Waals surface area contributed by atoms with Crippen LogP contribution >= 0.6 is 27.7 Å². The largest absolute Gasteiger partial charge is 0.478 e. The Labute approximate surface area is 206 Å². The zero-order valence-electron chi connectivity index (χ0n) is 17.5. The van der Waals surface area contributed by atoms with Gasteiger partial charge in [0, 0.05) is 10.0 Å². The Kier molecular flexibility index (Phi) is 7.19. The Morgan fingerprint density at radius 1 is 1.06 bits per heavy atom. The van der Waals surface area contributed by atoms with Crippen molar-refractivity contribution in [3.05, 3.63) is 98.7 Å². The Morgan fingerprint density at radius 3 is 2.53 bits per heavy atom. The molecule has 1 amide bonds. The number of nitrogens with one attached hydrogen (secondary N) is 1. The molecule has 1 aromatic heterocycles. The van der Waals surface area contributed by atoms with Gasteiger partial charge in [-0.05, 0) is 42.5 Å². The highest BCUT2D eigenvalue weighted by Crippen LogP contribution is 2.22. The van der Waals surface area contributed by atoms with E-state index in [2.05, 4.69) is 31.4 Å². The summed E-state index contributed by atoms with van der Waals surface area (Å²) < 4.78 is 2.34. The molecule has 0 fully saturated rings. The number of hydrogen-bond donors (Lipinski definition) is 2. The van der Waals surface area contributed by atoms with E-state index in [-0.39, 0.29) is 16.9 Å². The van der Waals surface area contributed by atoms with Gasteiger partial charge in [-0.3, -0.25) is 14.2 Å². The summed E-state index contributed by atoms with van der Waals surface area (Å²) in [6.45, 7) is 0. The predicted octanol–water partition coefficient (Wildman–Crippen LogP) is 4.09. The molecule has 0 bridgehead atoms. The molecule has 10 heteroatoms. The van der Waals surface area contributed by atoms with Gasteiger partial charge in [-0.15, -0.1) is 0 Å². The van der Waals surface area contributed by atoms with E-state index in [1.54, 1.807) is 54.6 Å². The molecule has 0 radical (unpaired) electrons. The van der Waals surface area contributed by atoms with Crippen LogP contribution in [-0.2, 0) is 4.79 Å². The van der Waals surface area contributed by atoms with Crippen LogP contribution < -0.4 is 11.0 Å². The Bertz CT molecular complexity index is 1470. The number of aromatic nitrogens is 2. The molecule has 4 rings (SSSR count). The lowest BCUT2D eigenvalue weighted by Crippen LogP contribution is -2.24. The summed E-state index contributed by atoms with van der Waals surface area (Å²) in [6, 6.07) is 20.6. The number of carboxylic acid groups (broad SMARTS) is 1. The first-order chi connectivity index (χ1) is 16.4. The predicted molar refractivity (Wildman–Crippen MR) is 135 cm³/mol. The first-order valence-corrected chi connectivity index (χ1v) is 11.8. The minimum Gasteiger partial charge on any atom is -0.478 e. The number of halogens is 1. The fourth-order valence-electron chi connectivity index (χ4n) is 3.17. The highest BCUT2D eigenvalue weighted by Gasteiger charge is 2.15. The minimum atomic E-state index is -1.09. The molecule has 2 N–H and O–H groups in total. The maximum Gasteiger partial charge on any atom is 0.336 e. The number of carboxylic acids is 1. The number of thioether (sulfide) groups is 1. The van der Waals surface area contributed by atoms with Gasteiger partial charge in [-0.25, -0.2) is 15.2 Å². The molecule has 34 heavy (non-hydrogen) atoms. The Balaban J connectivity index is 1.56. The third-order valence-electron chi connectivity index (χ3n) is 4.75. The van der Waals surface area contributed by atoms with Gasteiger partial charge in [0.2, 0.25) is 0 Å². The van der Waals surface area contributed by atoms with Gasteiger partial charge in [0.15, 0.2) is 5.16 Å². The van der Waals surface area contributed by atoms with Gasteiger partial charge in [0.1, 0.15) is 0 Å². The first-order valence-electron chi connectivity index (χ1n) is 9.99. The van der Waals surface area contributed by atoms with Gasteiger partial charge in [0.25, 0.3) is 11.5 Å². The van der Waals surface area contributed by atoms with Crippen molar-refractivity contribution in [3.63, 3.8) is 0 Å². The van der Waals surface area contributed by atoms with Crippen LogP contribution in [0.15, 0.2) is 92.3 Å². The second-order valence-corrected chi connectivity index (χ2v) is 8.86. The molecule has 4 aromatic rings. The standard InChI is InChI=1S/C24H17BrN4O4S/c25-16-9-11-17(12-10-16)29-22(31)19-7-3-4-8-20(19)27-24(29)34-14-21(30)28-26-13-15-5-1-2-6-18(15)23(32)33/h1-13H,14H2,(H,28,30)(H,32,33)/b26-13-. The summed E-state index contributed by atoms with van der Waals surface area (Å²) >= 11 is 4.49. The number of fused-ring (bicyclic) bond motifs is 1. The molecule has 0 saturated carbocycles. The summed E-state index contributed by atoms with van der Waals surface area (Å²) in [4.78, 5) is 41.5. The van der Waals surface area contributed by atoms with Crippen molar-refractivity contribution in [3.8, 4) is 5.69 Å². The van der Waals surface area contributed by atoms with Crippen LogP contribution in [0.2, 0.25) is 0 Å². The molecule has 8 nitrogen and oxygen atoms in total. The van der Waals surface area contributed by atoms with Crippen molar-refractivity contribution in [2.45, 2.75) is 5.16 Å². The normalized spacial score (nSPS) is 11.1. The lowest BCUT2D eigenvalue weighted by molar-refractivity contribution is -0.118. The van der Waals surface area contributed by atoms with Crippen LogP contribution in [-0.4, -0.2) is 38.5 Å². The number of hydrogen-bond acceptors (Lipinski definition) is 6. The van der Waals surface area contributed by atoms with Crippen LogP contribution in [0, 0.1) is 0 Å². The number of rotatable bonds is 7. The van der Waals surface area contributed by atoms with E-state index in [0.717, 1.165) is 16.2 Å². The molecule has 1 heterocycles. The summed E-state index contributed by atoms with van der Waals surface area (Å²) in [5, 5.41) is 13.9. The molecule has 0 atom stereocenters. The quantitative estimate of drug-likeness (QED) is 0.159. The van der Waals surface area contributed by atoms with Crippen LogP contribution in [0.5, 0.6) is 0 Å². The van der Waals surface area contributed by atoms with Gasteiger partial charge in [-0.1, -0.05) is 58.0 Å². The number of amides is 1. The van der Waals surface area contributed by atoms with E-state index >= 15 is 0 Å². The molecule has 0 aliphatic rings. The van der Waals surface area contributed by atoms with E-state index in [1.807, 2.05) is 12.1 Å². The third-order valence-corrected chi connectivity index (χ3v) is 6.21. The second-order valence-electron chi connectivity index (χ2n) is 7.00. The molecular weight excluding hydrogens is 520 g/mol. The van der Waals surface area contributed by atoms with Crippen molar-refractivity contribution >= 4 is 56.7 Å². The van der Waals surface area contributed by atoms with Crippen molar-refractivity contribution in [2.75, 3.05) is 5.75 Å². The fourth-order valence-corrected chi connectivity index (χ4v) is 4.24. The van der Waals surface area contributed by atoms with Gasteiger partial charge in [-0.2, -0.15) is 5.10 Å². The lowest BCUT2D eigenvalue weighted by atomic mass is 10.1. The highest BCUT2D eigenvalue weighted by molar-refractivity contribution is 9.10. The summed E-state index contributed by atoms with van der Waals surface area (Å²) in [7, 11) is 0. The monoisotopic (exact) mass is 536 g/mol. The zero-order valence-corrected chi connectivity index (χ0v) is 19.9. The van der Waals surface area contributed by atoms with Gasteiger partial charge < -0.3 is 5.11 Å². The van der Waals surface area contributed by atoms with Gasteiger partial charge >= 0.3 is 5.97 Å². The zero-order chi connectivity index (χ0) is 24.1. The molecule has 170 valence electrons. The molecule has 3 aromatic carbocycles. The third kappa shape index (κ3) is 5.24. The molecular formula is C24H17BrN4O4S. The summed E-state index contributed by atoms with van der Waals surface area (Å²) in [5.41, 5.74) is 3.74. The van der Waals surface area contributed by atoms with Crippen LogP contribution in [0.25, 0.3) is 16.6 Å². The first kappa shape index (κ1) is 23.4. The summed E-state index contributed by atoms with van der Waals surface area (Å²) in [6.07, 6.45) is 1.28. The SMILES string of the molecule is O=C(CSc1nc2ccccc2c(=O)n1-c1ccc(Br)cc1)N/N=C\c1ccccc1C(=O)O. The topological polar surface area (TPSA) is 114 Å². The Hall–Kier alpha value is -3.76. The number of aromatic carboxylic acids is 1. The van der Waals surface area contributed by atoms with E-state index in [1.165, 1.54) is 16.8 Å². The lowest BCUT2D eigenvalue weighted by Gasteiger charge is -2.13. The van der Waals surface area contributed by atoms with Crippen molar-refractivity contribution in [1.29, 1.82) is 0 Å². The van der Waals surface area contributed by atoms with Crippen LogP contribution in [0.4, 0.5) is 0 Å². The van der Waals surface area contributed by atoms with E-state index in [9.17, 15) is 19.5 Å². The molecule has 0 unspecified atom stereocenters. The van der Waals surface area contributed by atoms with E-state index in [0.29, 0.717) is 27.3 Å². The van der Waals surface area contributed by atoms with E-state index < -0.39 is 11.9 Å². The molecule has 0 aliphatic carbocycles. The molecule has 0 saturated heterocycles. The van der Waals surface area contributed by atoms with Crippen LogP contribution in [0.1, 0.15) is 15.9 Å². The minimum absolute atomic E-state index is 0.0563. The van der Waals surface area contributed by atoms with Crippen molar-refractivity contribution < 1.29 is 14.7 Å². The number of hydrazone groups is 1. The van der Waals surface area contributed by atoms with Gasteiger partial charge in [0.05, 0.1) is 34.1 Å². The number of carbonyl (C=O) groups is 2. The number of carbonyl (C=O) groups excluding carboxylic acids is 1. The molecule has 0 aliphatic heterocycles. The smallest absolute Gasteiger partial charge is 0.336 e. The number of benzene rings is 3. The maximum absolute atomic E-state index is 13.2. The van der Waals surface area contributed by atoms with E-state index in [4.69, 9.17) is 0 Å². The number of nitrogens with zero attached hydrogens (tertiary/aromatic N) is 3. The average Bonchev–Trinajstić information content (AvgIpc) is 2.84.